The molecule has 0 unspecified atom stereocenters. The molecule has 3 rings (SSSR count). The molecule has 128 valence electrons. The van der Waals surface area contributed by atoms with Gasteiger partial charge in [-0.1, -0.05) is 0 Å². The van der Waals surface area contributed by atoms with Crippen LogP contribution >= 0.6 is 0 Å². The van der Waals surface area contributed by atoms with Crippen LogP contribution in [0.5, 0.6) is 0 Å². The first-order valence-corrected chi connectivity index (χ1v) is 8.35. The Bertz CT molecular complexity index is 739. The molecule has 2 aromatic rings. The highest BCUT2D eigenvalue weighted by atomic mass is 16.5. The summed E-state index contributed by atoms with van der Waals surface area (Å²) in [6.07, 6.45) is 2.63. The van der Waals surface area contributed by atoms with Crippen molar-refractivity contribution in [3.63, 3.8) is 0 Å². The average Bonchev–Trinajstić information content (AvgIpc) is 3.09. The first-order chi connectivity index (χ1) is 11.6. The zero-order valence-corrected chi connectivity index (χ0v) is 14.5. The number of nitrogens with zero attached hydrogens (tertiary/aromatic N) is 2. The van der Waals surface area contributed by atoms with E-state index in [1.807, 2.05) is 30.9 Å². The zero-order chi connectivity index (χ0) is 17.1. The average molecular weight is 328 g/mol. The second kappa shape index (κ2) is 7.28. The maximum absolute atomic E-state index is 13.3. The number of amides is 1. The Labute approximate surface area is 142 Å². The standard InChI is InChI=1S/C19H24N2O3/c1-13-10-16-14(2)4-6-20-18(16)17(11-13)19(22)21(7-9-23-3)15-5-8-24-12-15/h4,6,10-11,15H,5,7-9,12H2,1-3H3/t15-/m1/s1. The van der Waals surface area contributed by atoms with Crippen molar-refractivity contribution in [1.82, 2.24) is 9.88 Å². The molecule has 0 spiro atoms. The molecule has 1 aromatic carbocycles. The van der Waals surface area contributed by atoms with Crippen molar-refractivity contribution in [3.05, 3.63) is 41.1 Å². The molecule has 0 N–H and O–H groups in total. The van der Waals surface area contributed by atoms with E-state index < -0.39 is 0 Å². The van der Waals surface area contributed by atoms with Crippen LogP contribution in [0.4, 0.5) is 0 Å². The molecule has 1 saturated heterocycles. The number of hydrogen-bond acceptors (Lipinski definition) is 4. The summed E-state index contributed by atoms with van der Waals surface area (Å²) in [7, 11) is 1.65. The number of aromatic nitrogens is 1. The van der Waals surface area contributed by atoms with Crippen molar-refractivity contribution in [2.45, 2.75) is 26.3 Å². The molecular formula is C19H24N2O3. The first-order valence-electron chi connectivity index (χ1n) is 8.35. The van der Waals surface area contributed by atoms with E-state index in [2.05, 4.69) is 11.1 Å². The van der Waals surface area contributed by atoms with Crippen LogP contribution in [0.25, 0.3) is 10.9 Å². The maximum Gasteiger partial charge on any atom is 0.256 e. The van der Waals surface area contributed by atoms with E-state index in [1.165, 1.54) is 0 Å². The number of aryl methyl sites for hydroxylation is 2. The summed E-state index contributed by atoms with van der Waals surface area (Å²) < 4.78 is 10.7. The van der Waals surface area contributed by atoms with Crippen molar-refractivity contribution in [1.29, 1.82) is 0 Å². The monoisotopic (exact) mass is 328 g/mol. The normalized spacial score (nSPS) is 17.4. The molecule has 2 heterocycles. The number of fused-ring (bicyclic) bond motifs is 1. The zero-order valence-electron chi connectivity index (χ0n) is 14.5. The highest BCUT2D eigenvalue weighted by Crippen LogP contribution is 2.25. The van der Waals surface area contributed by atoms with E-state index in [4.69, 9.17) is 9.47 Å². The summed E-state index contributed by atoms with van der Waals surface area (Å²) in [6.45, 7) is 6.42. The maximum atomic E-state index is 13.3. The number of hydrogen-bond donors (Lipinski definition) is 0. The summed E-state index contributed by atoms with van der Waals surface area (Å²) in [5.41, 5.74) is 3.63. The summed E-state index contributed by atoms with van der Waals surface area (Å²) in [5.74, 6) is 0.00866. The Morgan fingerprint density at radius 3 is 2.96 bits per heavy atom. The third-order valence-corrected chi connectivity index (χ3v) is 4.58. The number of benzene rings is 1. The van der Waals surface area contributed by atoms with Crippen LogP contribution in [0.1, 0.15) is 27.9 Å². The summed E-state index contributed by atoms with van der Waals surface area (Å²) in [4.78, 5) is 19.7. The van der Waals surface area contributed by atoms with E-state index in [9.17, 15) is 4.79 Å². The first kappa shape index (κ1) is 16.9. The van der Waals surface area contributed by atoms with Crippen molar-refractivity contribution in [2.75, 3.05) is 33.5 Å². The minimum atomic E-state index is 0.00866. The van der Waals surface area contributed by atoms with Gasteiger partial charge in [0.2, 0.25) is 0 Å². The Balaban J connectivity index is 2.03. The van der Waals surface area contributed by atoms with Crippen LogP contribution in [0.15, 0.2) is 24.4 Å². The van der Waals surface area contributed by atoms with E-state index in [0.717, 1.165) is 28.5 Å². The van der Waals surface area contributed by atoms with Crippen LogP contribution < -0.4 is 0 Å². The largest absolute Gasteiger partial charge is 0.383 e. The van der Waals surface area contributed by atoms with Gasteiger partial charge in [-0.15, -0.1) is 0 Å². The molecule has 0 saturated carbocycles. The van der Waals surface area contributed by atoms with Gasteiger partial charge in [0.25, 0.3) is 5.91 Å². The lowest BCUT2D eigenvalue weighted by molar-refractivity contribution is 0.0577. The van der Waals surface area contributed by atoms with E-state index in [1.54, 1.807) is 13.3 Å². The molecule has 1 fully saturated rings. The molecule has 0 radical (unpaired) electrons. The Morgan fingerprint density at radius 2 is 2.25 bits per heavy atom. The van der Waals surface area contributed by atoms with Crippen LogP contribution in [0, 0.1) is 13.8 Å². The van der Waals surface area contributed by atoms with Crippen LogP contribution in [0.3, 0.4) is 0 Å². The third kappa shape index (κ3) is 3.28. The van der Waals surface area contributed by atoms with Gasteiger partial charge in [0.15, 0.2) is 0 Å². The number of carbonyl (C=O) groups excluding carboxylic acids is 1. The summed E-state index contributed by atoms with van der Waals surface area (Å²) in [5, 5.41) is 1.04. The molecule has 24 heavy (non-hydrogen) atoms. The minimum absolute atomic E-state index is 0.00866. The fraction of sp³-hybridized carbons (Fsp3) is 0.474. The number of pyridine rings is 1. The SMILES string of the molecule is COCCN(C(=O)c1cc(C)cc2c(C)ccnc12)[C@@H]1CCOC1. The van der Waals surface area contributed by atoms with Crippen molar-refractivity contribution in [3.8, 4) is 0 Å². The number of ether oxygens (including phenoxy) is 2. The van der Waals surface area contributed by atoms with Crippen LogP contribution in [-0.4, -0.2) is 55.3 Å². The smallest absolute Gasteiger partial charge is 0.256 e. The Hall–Kier alpha value is -1.98. The molecule has 1 atom stereocenters. The van der Waals surface area contributed by atoms with Gasteiger partial charge < -0.3 is 14.4 Å². The molecule has 1 aromatic heterocycles. The van der Waals surface area contributed by atoms with Gasteiger partial charge in [0, 0.05) is 31.8 Å². The van der Waals surface area contributed by atoms with Crippen molar-refractivity contribution < 1.29 is 14.3 Å². The predicted molar refractivity (Wildman–Crippen MR) is 93.4 cm³/mol. The fourth-order valence-electron chi connectivity index (χ4n) is 3.26. The van der Waals surface area contributed by atoms with E-state index in [-0.39, 0.29) is 11.9 Å². The van der Waals surface area contributed by atoms with Gasteiger partial charge >= 0.3 is 0 Å². The lowest BCUT2D eigenvalue weighted by Crippen LogP contribution is -2.42. The van der Waals surface area contributed by atoms with Gasteiger partial charge in [-0.25, -0.2) is 0 Å². The highest BCUT2D eigenvalue weighted by molar-refractivity contribution is 6.06. The van der Waals surface area contributed by atoms with Crippen LogP contribution in [-0.2, 0) is 9.47 Å². The number of methoxy groups -OCH3 is 1. The van der Waals surface area contributed by atoms with Crippen LogP contribution in [0.2, 0.25) is 0 Å². The van der Waals surface area contributed by atoms with E-state index in [0.29, 0.717) is 31.9 Å². The Morgan fingerprint density at radius 1 is 1.42 bits per heavy atom. The van der Waals surface area contributed by atoms with Gasteiger partial charge in [-0.05, 0) is 49.6 Å². The van der Waals surface area contributed by atoms with Gasteiger partial charge in [-0.2, -0.15) is 0 Å². The molecule has 1 amide bonds. The molecule has 0 aliphatic carbocycles. The molecule has 5 nitrogen and oxygen atoms in total. The number of carbonyl (C=O) groups is 1. The fourth-order valence-corrected chi connectivity index (χ4v) is 3.26. The minimum Gasteiger partial charge on any atom is -0.383 e. The third-order valence-electron chi connectivity index (χ3n) is 4.58. The lowest BCUT2D eigenvalue weighted by atomic mass is 10.0. The van der Waals surface area contributed by atoms with E-state index >= 15 is 0 Å². The van der Waals surface area contributed by atoms with Gasteiger partial charge in [0.1, 0.15) is 0 Å². The molecule has 0 bridgehead atoms. The predicted octanol–water partition coefficient (Wildman–Crippen LogP) is 2.73. The molecule has 5 heteroatoms. The highest BCUT2D eigenvalue weighted by Gasteiger charge is 2.29. The molecular weight excluding hydrogens is 304 g/mol. The summed E-state index contributed by atoms with van der Waals surface area (Å²) >= 11 is 0. The second-order valence-corrected chi connectivity index (χ2v) is 6.35. The van der Waals surface area contributed by atoms with Crippen molar-refractivity contribution in [2.24, 2.45) is 0 Å². The Kier molecular flexibility index (Phi) is 5.11. The molecule has 1 aliphatic rings. The van der Waals surface area contributed by atoms with Crippen molar-refractivity contribution >= 4 is 16.8 Å². The molecule has 1 aliphatic heterocycles. The lowest BCUT2D eigenvalue weighted by Gasteiger charge is -2.28. The second-order valence-electron chi connectivity index (χ2n) is 6.35. The van der Waals surface area contributed by atoms with Gasteiger partial charge in [0.05, 0.1) is 30.3 Å². The quantitative estimate of drug-likeness (QED) is 0.847. The summed E-state index contributed by atoms with van der Waals surface area (Å²) in [6, 6.07) is 6.11. The van der Waals surface area contributed by atoms with Gasteiger partial charge in [-0.3, -0.25) is 9.78 Å². The topological polar surface area (TPSA) is 51.7 Å². The number of rotatable bonds is 5.